The summed E-state index contributed by atoms with van der Waals surface area (Å²) in [5.41, 5.74) is 5.60. The number of benzene rings is 2. The Morgan fingerprint density at radius 3 is 2.42 bits per heavy atom. The molecule has 204 valence electrons. The molecule has 7 rings (SSSR count). The Hall–Kier alpha value is -3.23. The quantitative estimate of drug-likeness (QED) is 0.282. The molecule has 0 radical (unpaired) electrons. The lowest BCUT2D eigenvalue weighted by Gasteiger charge is -2.49. The summed E-state index contributed by atoms with van der Waals surface area (Å²) in [4.78, 5) is 4.55. The maximum Gasteiger partial charge on any atom is 0.0538 e. The third kappa shape index (κ3) is 4.23. The Kier molecular flexibility index (Phi) is 6.84. The van der Waals surface area contributed by atoms with E-state index in [1.54, 1.807) is 4.91 Å². The van der Waals surface area contributed by atoms with E-state index in [0.717, 1.165) is 32.1 Å². The predicted molar refractivity (Wildman–Crippen MR) is 175 cm³/mol. The summed E-state index contributed by atoms with van der Waals surface area (Å²) in [5.74, 6) is 1.24. The van der Waals surface area contributed by atoms with Crippen molar-refractivity contribution in [2.75, 3.05) is 0 Å². The fourth-order valence-corrected chi connectivity index (χ4v) is 11.8. The number of fused-ring (bicyclic) bond motifs is 3. The van der Waals surface area contributed by atoms with Crippen LogP contribution in [0.25, 0.3) is 22.7 Å². The van der Waals surface area contributed by atoms with E-state index in [4.69, 9.17) is 0 Å². The highest BCUT2D eigenvalue weighted by Crippen LogP contribution is 2.73. The van der Waals surface area contributed by atoms with Crippen molar-refractivity contribution >= 4 is 32.7 Å². The minimum absolute atomic E-state index is 0.496. The van der Waals surface area contributed by atoms with Crippen LogP contribution in [0, 0.1) is 11.8 Å². The van der Waals surface area contributed by atoms with Crippen molar-refractivity contribution < 1.29 is 0 Å². The smallest absolute Gasteiger partial charge is 0.0538 e. The van der Waals surface area contributed by atoms with Crippen LogP contribution in [0.3, 0.4) is 0 Å². The Morgan fingerprint density at radius 2 is 1.65 bits per heavy atom. The monoisotopic (exact) mass is 543 g/mol. The van der Waals surface area contributed by atoms with Gasteiger partial charge in [0.2, 0.25) is 0 Å². The minimum atomic E-state index is -1.50. The predicted octanol–water partition coefficient (Wildman–Crippen LogP) is 10.8. The number of hydrogen-bond acceptors (Lipinski definition) is 0. The second-order valence-corrected chi connectivity index (χ2v) is 15.4. The van der Waals surface area contributed by atoms with Crippen LogP contribution in [0.15, 0.2) is 118 Å². The molecule has 0 fully saturated rings. The Balaban J connectivity index is 1.51. The van der Waals surface area contributed by atoms with Crippen molar-refractivity contribution in [2.45, 2.75) is 73.8 Å². The summed E-state index contributed by atoms with van der Waals surface area (Å²) in [6, 6.07) is 19.1. The molecule has 2 heteroatoms. The zero-order valence-electron chi connectivity index (χ0n) is 23.9. The maximum atomic E-state index is 2.61. The number of rotatable bonds is 5. The lowest BCUT2D eigenvalue weighted by Crippen LogP contribution is -2.23. The average Bonchev–Trinajstić information content (AvgIpc) is 3.33. The molecule has 4 unspecified atom stereocenters. The van der Waals surface area contributed by atoms with Gasteiger partial charge in [-0.2, -0.15) is 10.0 Å². The first-order valence-electron chi connectivity index (χ1n) is 15.3. The van der Waals surface area contributed by atoms with Gasteiger partial charge in [0.05, 0.1) is 5.52 Å². The van der Waals surface area contributed by atoms with E-state index in [0.29, 0.717) is 17.1 Å². The summed E-state index contributed by atoms with van der Waals surface area (Å²) in [6.07, 6.45) is 32.6. The van der Waals surface area contributed by atoms with E-state index in [2.05, 4.69) is 128 Å². The molecule has 4 atom stereocenters. The molecule has 0 bridgehead atoms. The lowest BCUT2D eigenvalue weighted by molar-refractivity contribution is 0.588. The molecule has 0 amide bonds. The van der Waals surface area contributed by atoms with E-state index in [-0.39, 0.29) is 0 Å². The lowest BCUT2D eigenvalue weighted by atomic mass is 9.98. The van der Waals surface area contributed by atoms with Crippen LogP contribution in [0.5, 0.6) is 0 Å². The van der Waals surface area contributed by atoms with Crippen molar-refractivity contribution in [3.05, 3.63) is 119 Å². The molecule has 0 spiro atoms. The molecule has 0 N–H and O–H groups in total. The molecule has 1 nitrogen and oxygen atoms in total. The number of allylic oxidation sites excluding steroid dienone is 9. The summed E-state index contributed by atoms with van der Waals surface area (Å²) in [5, 5.41) is 1.91. The number of aromatic nitrogens is 1. The minimum Gasteiger partial charge on any atom is -0.313 e. The van der Waals surface area contributed by atoms with E-state index in [1.165, 1.54) is 50.5 Å². The first kappa shape index (κ1) is 25.7. The topological polar surface area (TPSA) is 4.93 Å². The standard InChI is InChI=1S/C38H41NS/c1-28-20-22-33(23-21-28)40(31-14-5-3-6-15-31,32-16-7-4-8-17-32)34-24-25-38-36(27-34)35-18-9-10-19-37(35)39(38)30-13-11-12-29(2)26-30/h3,5-7,9,11,13-18,20,22,24-29,33H,4,8,10,12,19,21,23H2,1-2H3. The number of nitrogens with zero attached hydrogens (tertiary/aromatic N) is 1. The van der Waals surface area contributed by atoms with Crippen LogP contribution in [0.4, 0.5) is 0 Å². The Bertz CT molecular complexity index is 1610. The summed E-state index contributed by atoms with van der Waals surface area (Å²) < 4.78 is 2.58. The van der Waals surface area contributed by atoms with E-state index >= 15 is 0 Å². The van der Waals surface area contributed by atoms with Crippen molar-refractivity contribution in [2.24, 2.45) is 11.8 Å². The summed E-state index contributed by atoms with van der Waals surface area (Å²) in [6.45, 7) is 4.70. The molecule has 4 aliphatic rings. The molecule has 40 heavy (non-hydrogen) atoms. The van der Waals surface area contributed by atoms with Gasteiger partial charge in [0.15, 0.2) is 0 Å². The average molecular weight is 544 g/mol. The molecule has 4 aliphatic carbocycles. The molecular formula is C38H41NS. The van der Waals surface area contributed by atoms with Gasteiger partial charge in [-0.1, -0.05) is 86.7 Å². The second kappa shape index (κ2) is 10.6. The second-order valence-electron chi connectivity index (χ2n) is 12.1. The molecule has 1 aromatic heterocycles. The summed E-state index contributed by atoms with van der Waals surface area (Å²) in [7, 11) is -1.50. The van der Waals surface area contributed by atoms with Crippen LogP contribution in [0.2, 0.25) is 0 Å². The van der Waals surface area contributed by atoms with Gasteiger partial charge >= 0.3 is 0 Å². The van der Waals surface area contributed by atoms with Gasteiger partial charge in [0, 0.05) is 27.6 Å². The van der Waals surface area contributed by atoms with E-state index in [9.17, 15) is 0 Å². The van der Waals surface area contributed by atoms with Crippen molar-refractivity contribution in [3.63, 3.8) is 0 Å². The van der Waals surface area contributed by atoms with Crippen LogP contribution < -0.4 is 0 Å². The highest BCUT2D eigenvalue weighted by atomic mass is 32.3. The van der Waals surface area contributed by atoms with Crippen LogP contribution in [0.1, 0.15) is 63.6 Å². The van der Waals surface area contributed by atoms with Crippen molar-refractivity contribution in [3.8, 4) is 0 Å². The highest BCUT2D eigenvalue weighted by Gasteiger charge is 2.40. The third-order valence-electron chi connectivity index (χ3n) is 9.26. The zero-order valence-corrected chi connectivity index (χ0v) is 24.7. The maximum absolute atomic E-state index is 2.61. The van der Waals surface area contributed by atoms with Crippen LogP contribution in [-0.4, -0.2) is 9.82 Å². The van der Waals surface area contributed by atoms with Gasteiger partial charge in [0.1, 0.15) is 0 Å². The molecule has 2 aromatic carbocycles. The SMILES string of the molecule is CC1C=C(n2c3c(c4cc(S(C5=CCCC=C5)(c5ccccc5)C5C=CC(C)CC5)ccc42)C=CCC3)C=CC1. The van der Waals surface area contributed by atoms with Crippen molar-refractivity contribution in [1.29, 1.82) is 0 Å². The zero-order chi connectivity index (χ0) is 27.1. The first-order valence-corrected chi connectivity index (χ1v) is 17.0. The van der Waals surface area contributed by atoms with Crippen molar-refractivity contribution in [1.82, 2.24) is 4.57 Å². The first-order chi connectivity index (χ1) is 19.7. The summed E-state index contributed by atoms with van der Waals surface area (Å²) >= 11 is 0. The van der Waals surface area contributed by atoms with E-state index in [1.807, 2.05) is 0 Å². The highest BCUT2D eigenvalue weighted by molar-refractivity contribution is 8.37. The Labute approximate surface area is 241 Å². The van der Waals surface area contributed by atoms with Crippen LogP contribution >= 0.6 is 10.0 Å². The van der Waals surface area contributed by atoms with Gasteiger partial charge < -0.3 is 4.57 Å². The van der Waals surface area contributed by atoms with Gasteiger partial charge in [-0.3, -0.25) is 0 Å². The largest absolute Gasteiger partial charge is 0.313 e. The third-order valence-corrected chi connectivity index (χ3v) is 13.6. The number of hydrogen-bond donors (Lipinski definition) is 0. The molecular weight excluding hydrogens is 502 g/mol. The fourth-order valence-electron chi connectivity index (χ4n) is 7.29. The molecule has 0 saturated heterocycles. The molecule has 0 aliphatic heterocycles. The van der Waals surface area contributed by atoms with Gasteiger partial charge in [-0.05, 0) is 108 Å². The van der Waals surface area contributed by atoms with Gasteiger partial charge in [0.25, 0.3) is 0 Å². The van der Waals surface area contributed by atoms with E-state index < -0.39 is 10.0 Å². The van der Waals surface area contributed by atoms with Gasteiger partial charge in [-0.25, -0.2) is 0 Å². The molecule has 1 heterocycles. The molecule has 3 aromatic rings. The fraction of sp³-hybridized carbons (Fsp3) is 0.316. The van der Waals surface area contributed by atoms with Gasteiger partial charge in [-0.15, -0.1) is 0 Å². The normalized spacial score (nSPS) is 26.2. The molecule has 0 saturated carbocycles. The van der Waals surface area contributed by atoms with Crippen LogP contribution in [-0.2, 0) is 6.42 Å². The Morgan fingerprint density at radius 1 is 0.775 bits per heavy atom.